The summed E-state index contributed by atoms with van der Waals surface area (Å²) in [5, 5.41) is 21.3. The number of piperidine rings is 1. The zero-order valence-electron chi connectivity index (χ0n) is 16.7. The summed E-state index contributed by atoms with van der Waals surface area (Å²) in [5.74, 6) is 0.166. The second-order valence-electron chi connectivity index (χ2n) is 7.86. The Balaban J connectivity index is 1.46. The number of aromatic hydroxyl groups is 1. The number of phenolic OH excluding ortho intramolecular Hbond substituents is 1. The SMILES string of the molecule is Oc1ccc(-c2cncnc2)cc1CN1CCC(O)(c2cccc(C(F)(F)F)c2)CC1. The van der Waals surface area contributed by atoms with E-state index in [-0.39, 0.29) is 11.3 Å². The van der Waals surface area contributed by atoms with Crippen LogP contribution in [0.1, 0.15) is 29.5 Å². The van der Waals surface area contributed by atoms with E-state index in [1.54, 1.807) is 30.6 Å². The smallest absolute Gasteiger partial charge is 0.416 e. The number of benzene rings is 2. The summed E-state index contributed by atoms with van der Waals surface area (Å²) in [6, 6.07) is 10.2. The molecule has 0 atom stereocenters. The van der Waals surface area contributed by atoms with Crippen molar-refractivity contribution in [3.63, 3.8) is 0 Å². The topological polar surface area (TPSA) is 69.5 Å². The summed E-state index contributed by atoms with van der Waals surface area (Å²) in [6.07, 6.45) is 1.00. The molecular formula is C23H22F3N3O2. The molecule has 1 aliphatic heterocycles. The van der Waals surface area contributed by atoms with E-state index in [2.05, 4.69) is 14.9 Å². The molecule has 0 saturated carbocycles. The van der Waals surface area contributed by atoms with Gasteiger partial charge in [0.15, 0.2) is 0 Å². The van der Waals surface area contributed by atoms with E-state index in [0.717, 1.165) is 28.8 Å². The van der Waals surface area contributed by atoms with E-state index in [9.17, 15) is 23.4 Å². The van der Waals surface area contributed by atoms with Gasteiger partial charge in [-0.1, -0.05) is 18.2 Å². The van der Waals surface area contributed by atoms with Gasteiger partial charge in [0.1, 0.15) is 12.1 Å². The largest absolute Gasteiger partial charge is 0.508 e. The predicted molar refractivity (Wildman–Crippen MR) is 109 cm³/mol. The number of halogens is 3. The van der Waals surface area contributed by atoms with Crippen LogP contribution in [-0.4, -0.2) is 38.2 Å². The van der Waals surface area contributed by atoms with E-state index < -0.39 is 17.3 Å². The average Bonchev–Trinajstić information content (AvgIpc) is 2.77. The lowest BCUT2D eigenvalue weighted by atomic mass is 9.83. The summed E-state index contributed by atoms with van der Waals surface area (Å²) in [7, 11) is 0. The van der Waals surface area contributed by atoms with Crippen LogP contribution < -0.4 is 0 Å². The van der Waals surface area contributed by atoms with Gasteiger partial charge in [0.25, 0.3) is 0 Å². The highest BCUT2D eigenvalue weighted by atomic mass is 19.4. The first-order chi connectivity index (χ1) is 14.7. The van der Waals surface area contributed by atoms with Crippen molar-refractivity contribution in [2.24, 2.45) is 0 Å². The molecule has 4 rings (SSSR count). The Morgan fingerprint density at radius 1 is 0.968 bits per heavy atom. The lowest BCUT2D eigenvalue weighted by Crippen LogP contribution is -2.42. The van der Waals surface area contributed by atoms with Gasteiger partial charge >= 0.3 is 6.18 Å². The summed E-state index contributed by atoms with van der Waals surface area (Å²) >= 11 is 0. The van der Waals surface area contributed by atoms with Crippen molar-refractivity contribution in [2.75, 3.05) is 13.1 Å². The number of rotatable bonds is 4. The van der Waals surface area contributed by atoms with E-state index in [1.165, 1.54) is 12.4 Å². The maximum atomic E-state index is 13.0. The molecular weight excluding hydrogens is 407 g/mol. The molecule has 0 unspecified atom stereocenters. The van der Waals surface area contributed by atoms with E-state index >= 15 is 0 Å². The highest BCUT2D eigenvalue weighted by molar-refractivity contribution is 5.63. The molecule has 1 aliphatic rings. The first-order valence-corrected chi connectivity index (χ1v) is 9.94. The Morgan fingerprint density at radius 2 is 1.68 bits per heavy atom. The maximum absolute atomic E-state index is 13.0. The Hall–Kier alpha value is -2.97. The molecule has 0 aliphatic carbocycles. The van der Waals surface area contributed by atoms with Gasteiger partial charge in [-0.15, -0.1) is 0 Å². The Labute approximate surface area is 177 Å². The van der Waals surface area contributed by atoms with Crippen LogP contribution in [0.15, 0.2) is 61.2 Å². The standard InChI is InChI=1S/C23H22F3N3O2/c24-23(25,26)20-3-1-2-19(11-20)22(31)6-8-29(9-7-22)14-17-10-16(4-5-21(17)30)18-12-27-15-28-13-18/h1-5,10-13,15,30-31H,6-9,14H2. The summed E-state index contributed by atoms with van der Waals surface area (Å²) in [4.78, 5) is 10.1. The molecule has 3 aromatic rings. The van der Waals surface area contributed by atoms with Crippen molar-refractivity contribution in [2.45, 2.75) is 31.2 Å². The van der Waals surface area contributed by atoms with Gasteiger partial charge in [0, 0.05) is 43.2 Å². The Bertz CT molecular complexity index is 1050. The number of alkyl halides is 3. The van der Waals surface area contributed by atoms with Gasteiger partial charge in [0.2, 0.25) is 0 Å². The zero-order valence-corrected chi connectivity index (χ0v) is 16.7. The minimum atomic E-state index is -4.45. The first kappa shape index (κ1) is 21.3. The number of aliphatic hydroxyl groups is 1. The van der Waals surface area contributed by atoms with Crippen molar-refractivity contribution in [3.8, 4) is 16.9 Å². The number of hydrogen-bond acceptors (Lipinski definition) is 5. The molecule has 8 heteroatoms. The molecule has 0 bridgehead atoms. The summed E-state index contributed by atoms with van der Waals surface area (Å²) in [5.41, 5.74) is 0.671. The van der Waals surface area contributed by atoms with Crippen molar-refractivity contribution >= 4 is 0 Å². The molecule has 31 heavy (non-hydrogen) atoms. The quantitative estimate of drug-likeness (QED) is 0.645. The third kappa shape index (κ3) is 4.70. The van der Waals surface area contributed by atoms with Crippen LogP contribution in [0.25, 0.3) is 11.1 Å². The highest BCUT2D eigenvalue weighted by Gasteiger charge is 2.37. The maximum Gasteiger partial charge on any atom is 0.416 e. The third-order valence-electron chi connectivity index (χ3n) is 5.78. The third-order valence-corrected chi connectivity index (χ3v) is 5.78. The molecule has 5 nitrogen and oxygen atoms in total. The number of nitrogens with zero attached hydrogens (tertiary/aromatic N) is 3. The molecule has 1 saturated heterocycles. The molecule has 0 radical (unpaired) electrons. The number of aromatic nitrogens is 2. The molecule has 2 aromatic carbocycles. The molecule has 0 spiro atoms. The molecule has 2 heterocycles. The van der Waals surface area contributed by atoms with E-state index in [1.807, 2.05) is 6.07 Å². The van der Waals surface area contributed by atoms with Crippen LogP contribution in [0.3, 0.4) is 0 Å². The van der Waals surface area contributed by atoms with Crippen LogP contribution in [0.2, 0.25) is 0 Å². The molecule has 162 valence electrons. The fraction of sp³-hybridized carbons (Fsp3) is 0.304. The van der Waals surface area contributed by atoms with Crippen LogP contribution in [0.5, 0.6) is 5.75 Å². The predicted octanol–water partition coefficient (Wildman–Crippen LogP) is 4.35. The Morgan fingerprint density at radius 3 is 2.35 bits per heavy atom. The summed E-state index contributed by atoms with van der Waals surface area (Å²) < 4.78 is 39.1. The van der Waals surface area contributed by atoms with Crippen LogP contribution in [0.4, 0.5) is 13.2 Å². The minimum absolute atomic E-state index is 0.166. The van der Waals surface area contributed by atoms with Gasteiger partial charge in [0.05, 0.1) is 11.2 Å². The van der Waals surface area contributed by atoms with Crippen molar-refractivity contribution in [1.29, 1.82) is 0 Å². The molecule has 2 N–H and O–H groups in total. The molecule has 1 fully saturated rings. The van der Waals surface area contributed by atoms with Crippen LogP contribution in [-0.2, 0) is 18.3 Å². The fourth-order valence-electron chi connectivity index (χ4n) is 3.94. The molecule has 1 aromatic heterocycles. The summed E-state index contributed by atoms with van der Waals surface area (Å²) in [6.45, 7) is 1.45. The average molecular weight is 429 g/mol. The second-order valence-corrected chi connectivity index (χ2v) is 7.86. The number of phenols is 1. The number of hydrogen-bond donors (Lipinski definition) is 2. The zero-order chi connectivity index (χ0) is 22.1. The number of likely N-dealkylation sites (tertiary alicyclic amines) is 1. The van der Waals surface area contributed by atoms with Gasteiger partial charge < -0.3 is 10.2 Å². The molecule has 0 amide bonds. The van der Waals surface area contributed by atoms with E-state index in [0.29, 0.717) is 32.5 Å². The Kier molecular flexibility index (Phi) is 5.68. The van der Waals surface area contributed by atoms with Crippen LogP contribution in [0, 0.1) is 0 Å². The first-order valence-electron chi connectivity index (χ1n) is 9.94. The lowest BCUT2D eigenvalue weighted by molar-refractivity contribution is -0.137. The van der Waals surface area contributed by atoms with E-state index in [4.69, 9.17) is 0 Å². The lowest BCUT2D eigenvalue weighted by Gasteiger charge is -2.39. The fourth-order valence-corrected chi connectivity index (χ4v) is 3.94. The second kappa shape index (κ2) is 8.28. The van der Waals surface area contributed by atoms with Crippen molar-refractivity contribution < 1.29 is 23.4 Å². The van der Waals surface area contributed by atoms with Gasteiger partial charge in [-0.05, 0) is 48.2 Å². The highest BCUT2D eigenvalue weighted by Crippen LogP contribution is 2.37. The minimum Gasteiger partial charge on any atom is -0.508 e. The normalized spacial score (nSPS) is 16.9. The van der Waals surface area contributed by atoms with Crippen LogP contribution >= 0.6 is 0 Å². The monoisotopic (exact) mass is 429 g/mol. The van der Waals surface area contributed by atoms with Gasteiger partial charge in [-0.2, -0.15) is 13.2 Å². The van der Waals surface area contributed by atoms with Crippen molar-refractivity contribution in [1.82, 2.24) is 14.9 Å². The van der Waals surface area contributed by atoms with Gasteiger partial charge in [-0.25, -0.2) is 9.97 Å². The van der Waals surface area contributed by atoms with Gasteiger partial charge in [-0.3, -0.25) is 4.90 Å². The van der Waals surface area contributed by atoms with Crippen molar-refractivity contribution in [3.05, 3.63) is 77.9 Å².